The van der Waals surface area contributed by atoms with Crippen molar-refractivity contribution in [2.75, 3.05) is 6.61 Å². The van der Waals surface area contributed by atoms with Crippen LogP contribution in [0.4, 0.5) is 0 Å². The largest absolute Gasteiger partial charge is 0.492 e. The molecule has 0 aliphatic heterocycles. The van der Waals surface area contributed by atoms with Crippen molar-refractivity contribution >= 4 is 17.2 Å². The monoisotopic (exact) mass is 301 g/mol. The zero-order chi connectivity index (χ0) is 14.7. The first kappa shape index (κ1) is 14.1. The Morgan fingerprint density at radius 2 is 2.19 bits per heavy atom. The number of benzene rings is 1. The van der Waals surface area contributed by atoms with Crippen molar-refractivity contribution in [2.45, 2.75) is 32.2 Å². The van der Waals surface area contributed by atoms with Crippen LogP contribution >= 0.6 is 12.2 Å². The van der Waals surface area contributed by atoms with Crippen LogP contribution in [0.25, 0.3) is 0 Å². The second kappa shape index (κ2) is 6.26. The summed E-state index contributed by atoms with van der Waals surface area (Å²) >= 11 is 4.98. The molecule has 0 radical (unpaired) electrons. The molecule has 0 spiro atoms. The summed E-state index contributed by atoms with van der Waals surface area (Å²) in [7, 11) is 0. The number of hydrogen-bond acceptors (Lipinski definition) is 3. The zero-order valence-electron chi connectivity index (χ0n) is 11.9. The molecule has 0 saturated heterocycles. The first-order chi connectivity index (χ1) is 10.2. The first-order valence-electron chi connectivity index (χ1n) is 7.29. The van der Waals surface area contributed by atoms with E-state index in [1.807, 2.05) is 30.6 Å². The van der Waals surface area contributed by atoms with Gasteiger partial charge in [0.05, 0.1) is 18.6 Å². The minimum Gasteiger partial charge on any atom is -0.492 e. The number of thiocarbonyl (C=S) groups is 1. The molecular weight excluding hydrogens is 282 g/mol. The SMILES string of the molecule is NC(=S)c1cccc(OCCn2cnc3c2CCCC3)c1. The topological polar surface area (TPSA) is 53.1 Å². The van der Waals surface area contributed by atoms with Gasteiger partial charge in [-0.1, -0.05) is 24.4 Å². The molecule has 1 aromatic heterocycles. The van der Waals surface area contributed by atoms with Crippen molar-refractivity contribution in [1.29, 1.82) is 0 Å². The Morgan fingerprint density at radius 1 is 1.33 bits per heavy atom. The van der Waals surface area contributed by atoms with Gasteiger partial charge in [0.2, 0.25) is 0 Å². The van der Waals surface area contributed by atoms with Gasteiger partial charge in [-0.2, -0.15) is 0 Å². The molecular formula is C16H19N3OS. The lowest BCUT2D eigenvalue weighted by molar-refractivity contribution is 0.296. The molecule has 4 nitrogen and oxygen atoms in total. The Morgan fingerprint density at radius 3 is 3.05 bits per heavy atom. The van der Waals surface area contributed by atoms with E-state index in [-0.39, 0.29) is 0 Å². The normalized spacial score (nSPS) is 13.7. The summed E-state index contributed by atoms with van der Waals surface area (Å²) in [4.78, 5) is 4.89. The molecule has 0 atom stereocenters. The fourth-order valence-electron chi connectivity index (χ4n) is 2.72. The summed E-state index contributed by atoms with van der Waals surface area (Å²) < 4.78 is 8.01. The molecule has 0 fully saturated rings. The molecule has 110 valence electrons. The molecule has 1 heterocycles. The molecule has 2 N–H and O–H groups in total. The predicted molar refractivity (Wildman–Crippen MR) is 86.7 cm³/mol. The van der Waals surface area contributed by atoms with E-state index in [1.165, 1.54) is 24.2 Å². The van der Waals surface area contributed by atoms with Crippen molar-refractivity contribution < 1.29 is 4.74 Å². The molecule has 0 saturated carbocycles. The summed E-state index contributed by atoms with van der Waals surface area (Å²) in [6, 6.07) is 7.60. The van der Waals surface area contributed by atoms with Crippen LogP contribution in [-0.4, -0.2) is 21.1 Å². The molecule has 5 heteroatoms. The van der Waals surface area contributed by atoms with Crippen LogP contribution in [0.1, 0.15) is 29.8 Å². The third kappa shape index (κ3) is 3.24. The quantitative estimate of drug-likeness (QED) is 0.862. The van der Waals surface area contributed by atoms with E-state index in [1.54, 1.807) is 0 Å². The molecule has 0 bridgehead atoms. The van der Waals surface area contributed by atoms with E-state index >= 15 is 0 Å². The number of aryl methyl sites for hydroxylation is 1. The third-order valence-corrected chi connectivity index (χ3v) is 4.07. The molecule has 2 aromatic rings. The number of hydrogen-bond donors (Lipinski definition) is 1. The summed E-state index contributed by atoms with van der Waals surface area (Å²) in [6.07, 6.45) is 6.69. The highest BCUT2D eigenvalue weighted by molar-refractivity contribution is 7.80. The molecule has 21 heavy (non-hydrogen) atoms. The van der Waals surface area contributed by atoms with E-state index in [2.05, 4.69) is 9.55 Å². The number of imidazole rings is 1. The number of ether oxygens (including phenoxy) is 1. The standard InChI is InChI=1S/C16H19N3OS/c17-16(21)12-4-3-5-13(10-12)20-9-8-19-11-18-14-6-1-2-7-15(14)19/h3-5,10-11H,1-2,6-9H2,(H2,17,21). The van der Waals surface area contributed by atoms with Gasteiger partial charge in [0.25, 0.3) is 0 Å². The molecule has 1 aliphatic carbocycles. The maximum atomic E-state index is 5.80. The molecule has 3 rings (SSSR count). The highest BCUT2D eigenvalue weighted by atomic mass is 32.1. The summed E-state index contributed by atoms with van der Waals surface area (Å²) in [6.45, 7) is 1.43. The summed E-state index contributed by atoms with van der Waals surface area (Å²) in [5.41, 5.74) is 9.10. The van der Waals surface area contributed by atoms with Crippen molar-refractivity contribution in [2.24, 2.45) is 5.73 Å². The van der Waals surface area contributed by atoms with Crippen LogP contribution in [0.2, 0.25) is 0 Å². The highest BCUT2D eigenvalue weighted by Gasteiger charge is 2.14. The Labute approximate surface area is 129 Å². The van der Waals surface area contributed by atoms with Gasteiger partial charge in [0.15, 0.2) is 0 Å². The van der Waals surface area contributed by atoms with Gasteiger partial charge in [-0.05, 0) is 37.8 Å². The molecule has 1 aromatic carbocycles. The van der Waals surface area contributed by atoms with E-state index in [0.29, 0.717) is 11.6 Å². The molecule has 0 amide bonds. The van der Waals surface area contributed by atoms with Crippen molar-refractivity contribution in [3.05, 3.63) is 47.5 Å². The van der Waals surface area contributed by atoms with Crippen LogP contribution in [0.15, 0.2) is 30.6 Å². The second-order valence-electron chi connectivity index (χ2n) is 5.28. The zero-order valence-corrected chi connectivity index (χ0v) is 12.7. The number of aromatic nitrogens is 2. The minimum absolute atomic E-state index is 0.393. The van der Waals surface area contributed by atoms with Crippen molar-refractivity contribution in [1.82, 2.24) is 9.55 Å². The van der Waals surface area contributed by atoms with Crippen LogP contribution in [0.5, 0.6) is 5.75 Å². The fraction of sp³-hybridized carbons (Fsp3) is 0.375. The van der Waals surface area contributed by atoms with Gasteiger partial charge in [0, 0.05) is 11.3 Å². The maximum Gasteiger partial charge on any atom is 0.120 e. The molecule has 1 aliphatic rings. The van der Waals surface area contributed by atoms with Crippen LogP contribution in [-0.2, 0) is 19.4 Å². The average Bonchev–Trinajstić information content (AvgIpc) is 2.91. The lowest BCUT2D eigenvalue weighted by Gasteiger charge is -2.14. The number of nitrogens with zero attached hydrogens (tertiary/aromatic N) is 2. The predicted octanol–water partition coefficient (Wildman–Crippen LogP) is 2.48. The van der Waals surface area contributed by atoms with E-state index in [0.717, 1.165) is 30.7 Å². The smallest absolute Gasteiger partial charge is 0.120 e. The number of rotatable bonds is 5. The fourth-order valence-corrected chi connectivity index (χ4v) is 2.85. The lowest BCUT2D eigenvalue weighted by Crippen LogP contribution is -2.13. The minimum atomic E-state index is 0.393. The van der Waals surface area contributed by atoms with Gasteiger partial charge in [-0.15, -0.1) is 0 Å². The highest BCUT2D eigenvalue weighted by Crippen LogP contribution is 2.20. The Hall–Kier alpha value is -1.88. The average molecular weight is 301 g/mol. The first-order valence-corrected chi connectivity index (χ1v) is 7.70. The summed E-state index contributed by atoms with van der Waals surface area (Å²) in [5, 5.41) is 0. The van der Waals surface area contributed by atoms with Gasteiger partial charge in [-0.25, -0.2) is 4.98 Å². The van der Waals surface area contributed by atoms with Crippen LogP contribution < -0.4 is 10.5 Å². The van der Waals surface area contributed by atoms with Gasteiger partial charge < -0.3 is 15.0 Å². The van der Waals surface area contributed by atoms with Crippen molar-refractivity contribution in [3.63, 3.8) is 0 Å². The Balaban J connectivity index is 1.60. The number of nitrogens with two attached hydrogens (primary N) is 1. The van der Waals surface area contributed by atoms with E-state index < -0.39 is 0 Å². The second-order valence-corrected chi connectivity index (χ2v) is 5.72. The maximum absolute atomic E-state index is 5.80. The van der Waals surface area contributed by atoms with E-state index in [9.17, 15) is 0 Å². The van der Waals surface area contributed by atoms with Gasteiger partial charge in [-0.3, -0.25) is 0 Å². The van der Waals surface area contributed by atoms with Crippen molar-refractivity contribution in [3.8, 4) is 5.75 Å². The Bertz CT molecular complexity index is 651. The summed E-state index contributed by atoms with van der Waals surface area (Å²) in [5.74, 6) is 0.800. The van der Waals surface area contributed by atoms with E-state index in [4.69, 9.17) is 22.7 Å². The Kier molecular flexibility index (Phi) is 4.20. The van der Waals surface area contributed by atoms with Crippen LogP contribution in [0.3, 0.4) is 0 Å². The van der Waals surface area contributed by atoms with Gasteiger partial charge in [0.1, 0.15) is 17.3 Å². The van der Waals surface area contributed by atoms with Gasteiger partial charge >= 0.3 is 0 Å². The lowest BCUT2D eigenvalue weighted by atomic mass is 10.0. The number of fused-ring (bicyclic) bond motifs is 1. The third-order valence-electron chi connectivity index (χ3n) is 3.83. The molecule has 0 unspecified atom stereocenters. The van der Waals surface area contributed by atoms with Crippen LogP contribution in [0, 0.1) is 0 Å².